The summed E-state index contributed by atoms with van der Waals surface area (Å²) in [5.74, 6) is -0.323. The summed E-state index contributed by atoms with van der Waals surface area (Å²) in [5.41, 5.74) is 0.330. The fraction of sp³-hybridized carbons (Fsp3) is 0.429. The van der Waals surface area contributed by atoms with Crippen LogP contribution in [0.4, 0.5) is 10.2 Å². The minimum Gasteiger partial charge on any atom is -0.489 e. The Morgan fingerprint density at radius 2 is 2.18 bits per heavy atom. The highest BCUT2D eigenvalue weighted by Gasteiger charge is 2.27. The van der Waals surface area contributed by atoms with Crippen molar-refractivity contribution in [2.45, 2.75) is 39.5 Å². The molecule has 0 aliphatic carbocycles. The van der Waals surface area contributed by atoms with Crippen LogP contribution >= 0.6 is 15.9 Å². The van der Waals surface area contributed by atoms with Crippen molar-refractivity contribution in [3.8, 4) is 5.75 Å². The number of carbonyl (C=O) groups is 1. The molecular weight excluding hydrogens is 427 g/mol. The number of carboxylic acid groups (broad SMARTS) is 1. The number of carboxylic acids is 1. The molecule has 0 saturated heterocycles. The Bertz CT molecular complexity index is 765. The second kappa shape index (κ2) is 10.4. The Morgan fingerprint density at radius 1 is 1.39 bits per heavy atom. The van der Waals surface area contributed by atoms with Crippen LogP contribution in [0.1, 0.15) is 38.7 Å². The van der Waals surface area contributed by atoms with E-state index in [1.54, 1.807) is 12.3 Å². The molecule has 1 aromatic heterocycles. The molecule has 28 heavy (non-hydrogen) atoms. The van der Waals surface area contributed by atoms with Crippen molar-refractivity contribution in [3.63, 3.8) is 0 Å². The summed E-state index contributed by atoms with van der Waals surface area (Å²) in [6, 6.07) is 8.87. The number of aromatic nitrogens is 1. The van der Waals surface area contributed by atoms with Gasteiger partial charge < -0.3 is 15.2 Å². The highest BCUT2D eigenvalue weighted by Crippen LogP contribution is 2.35. The zero-order chi connectivity index (χ0) is 20.6. The van der Waals surface area contributed by atoms with Crippen molar-refractivity contribution in [2.24, 2.45) is 5.41 Å². The van der Waals surface area contributed by atoms with Crippen LogP contribution in [0.3, 0.4) is 0 Å². The van der Waals surface area contributed by atoms with Crippen LogP contribution in [-0.2, 0) is 11.2 Å². The molecule has 0 fully saturated rings. The predicted octanol–water partition coefficient (Wildman–Crippen LogP) is 5.30. The minimum atomic E-state index is -0.844. The van der Waals surface area contributed by atoms with Crippen LogP contribution in [0.2, 0.25) is 0 Å². The van der Waals surface area contributed by atoms with Gasteiger partial charge in [-0.25, -0.2) is 9.37 Å². The molecular formula is C21H26BrFN2O3. The van der Waals surface area contributed by atoms with Gasteiger partial charge in [0.2, 0.25) is 0 Å². The lowest BCUT2D eigenvalue weighted by Gasteiger charge is -2.26. The molecule has 0 aliphatic heterocycles. The predicted molar refractivity (Wildman–Crippen MR) is 111 cm³/mol. The van der Waals surface area contributed by atoms with Gasteiger partial charge >= 0.3 is 5.97 Å². The van der Waals surface area contributed by atoms with Gasteiger partial charge in [0.1, 0.15) is 5.82 Å². The van der Waals surface area contributed by atoms with E-state index < -0.39 is 17.2 Å². The van der Waals surface area contributed by atoms with E-state index in [0.717, 1.165) is 11.4 Å². The Hall–Kier alpha value is -2.15. The first-order valence-corrected chi connectivity index (χ1v) is 10.1. The standard InChI is InChI=1S/C21H26BrFN2O3/c1-3-21(2,14-19(26)27)13-15-11-16(22)20(17(23)12-15)28-10-6-9-25-18-7-4-5-8-24-18/h4-5,7-8,11-12H,3,6,9-10,13-14H2,1-2H3,(H,24,25)(H,26,27). The van der Waals surface area contributed by atoms with E-state index in [1.807, 2.05) is 32.0 Å². The monoisotopic (exact) mass is 452 g/mol. The van der Waals surface area contributed by atoms with E-state index in [1.165, 1.54) is 6.07 Å². The van der Waals surface area contributed by atoms with Crippen LogP contribution in [0.15, 0.2) is 41.0 Å². The number of nitrogens with zero attached hydrogens (tertiary/aromatic N) is 1. The fourth-order valence-corrected chi connectivity index (χ4v) is 3.55. The van der Waals surface area contributed by atoms with E-state index in [-0.39, 0.29) is 12.2 Å². The van der Waals surface area contributed by atoms with Crippen molar-refractivity contribution in [1.29, 1.82) is 0 Å². The average Bonchev–Trinajstić information content (AvgIpc) is 2.63. The third-order valence-corrected chi connectivity index (χ3v) is 5.25. The van der Waals surface area contributed by atoms with Crippen LogP contribution in [-0.4, -0.2) is 29.2 Å². The normalized spacial score (nSPS) is 13.0. The van der Waals surface area contributed by atoms with Gasteiger partial charge in [-0.1, -0.05) is 19.9 Å². The summed E-state index contributed by atoms with van der Waals surface area (Å²) in [5, 5.41) is 12.3. The Labute approximate surface area is 173 Å². The van der Waals surface area contributed by atoms with Crippen LogP contribution < -0.4 is 10.1 Å². The number of benzene rings is 1. The minimum absolute atomic E-state index is 0.0459. The molecule has 152 valence electrons. The summed E-state index contributed by atoms with van der Waals surface area (Å²) in [6.07, 6.45) is 3.63. The van der Waals surface area contributed by atoms with Crippen LogP contribution in [0, 0.1) is 11.2 Å². The molecule has 7 heteroatoms. The first-order valence-electron chi connectivity index (χ1n) is 9.30. The summed E-state index contributed by atoms with van der Waals surface area (Å²) in [6.45, 7) is 4.88. The lowest BCUT2D eigenvalue weighted by molar-refractivity contribution is -0.139. The number of rotatable bonds is 11. The molecule has 0 bridgehead atoms. The lowest BCUT2D eigenvalue weighted by atomic mass is 9.78. The van der Waals surface area contributed by atoms with Gasteiger partial charge in [0, 0.05) is 12.7 Å². The molecule has 0 spiro atoms. The van der Waals surface area contributed by atoms with Gasteiger partial charge in [0.15, 0.2) is 11.6 Å². The number of hydrogen-bond donors (Lipinski definition) is 2. The molecule has 2 rings (SSSR count). The largest absolute Gasteiger partial charge is 0.489 e. The van der Waals surface area contributed by atoms with Gasteiger partial charge in [0.05, 0.1) is 17.5 Å². The average molecular weight is 453 g/mol. The summed E-state index contributed by atoms with van der Waals surface area (Å²) >= 11 is 3.38. The summed E-state index contributed by atoms with van der Waals surface area (Å²) in [7, 11) is 0. The number of halogens is 2. The second-order valence-electron chi connectivity index (χ2n) is 7.14. The SMILES string of the molecule is CCC(C)(CC(=O)O)Cc1cc(F)c(OCCCNc2ccccn2)c(Br)c1. The molecule has 1 atom stereocenters. The summed E-state index contributed by atoms with van der Waals surface area (Å²) < 4.78 is 20.7. The maximum Gasteiger partial charge on any atom is 0.303 e. The first kappa shape index (κ1) is 22.1. The molecule has 2 N–H and O–H groups in total. The molecule has 0 radical (unpaired) electrons. The van der Waals surface area contributed by atoms with E-state index in [9.17, 15) is 9.18 Å². The van der Waals surface area contributed by atoms with E-state index >= 15 is 0 Å². The Balaban J connectivity index is 1.91. The maximum absolute atomic E-state index is 14.5. The molecule has 1 aromatic carbocycles. The molecule has 2 aromatic rings. The number of ether oxygens (including phenoxy) is 1. The van der Waals surface area contributed by atoms with Crippen molar-refractivity contribution >= 4 is 27.7 Å². The second-order valence-corrected chi connectivity index (χ2v) is 8.00. The third-order valence-electron chi connectivity index (χ3n) is 4.66. The highest BCUT2D eigenvalue weighted by molar-refractivity contribution is 9.10. The van der Waals surface area contributed by atoms with Crippen LogP contribution in [0.25, 0.3) is 0 Å². The first-order chi connectivity index (χ1) is 13.3. The van der Waals surface area contributed by atoms with Gasteiger partial charge in [-0.3, -0.25) is 4.79 Å². The summed E-state index contributed by atoms with van der Waals surface area (Å²) in [4.78, 5) is 15.3. The van der Waals surface area contributed by atoms with E-state index in [2.05, 4.69) is 26.2 Å². The molecule has 0 amide bonds. The zero-order valence-corrected chi connectivity index (χ0v) is 17.8. The van der Waals surface area contributed by atoms with Gasteiger partial charge in [-0.15, -0.1) is 0 Å². The Kier molecular flexibility index (Phi) is 8.23. The molecule has 5 nitrogen and oxygen atoms in total. The molecule has 1 heterocycles. The van der Waals surface area contributed by atoms with E-state index in [0.29, 0.717) is 36.9 Å². The maximum atomic E-state index is 14.5. The number of anilines is 1. The topological polar surface area (TPSA) is 71.5 Å². The highest BCUT2D eigenvalue weighted by atomic mass is 79.9. The number of aliphatic carboxylic acids is 1. The van der Waals surface area contributed by atoms with E-state index in [4.69, 9.17) is 9.84 Å². The molecule has 0 aliphatic rings. The number of pyridine rings is 1. The van der Waals surface area contributed by atoms with Gasteiger partial charge in [0.25, 0.3) is 0 Å². The van der Waals surface area contributed by atoms with Crippen molar-refractivity contribution < 1.29 is 19.0 Å². The third kappa shape index (κ3) is 6.78. The fourth-order valence-electron chi connectivity index (χ4n) is 2.95. The molecule has 0 saturated carbocycles. The van der Waals surface area contributed by atoms with Crippen molar-refractivity contribution in [2.75, 3.05) is 18.5 Å². The molecule has 1 unspecified atom stereocenters. The quantitative estimate of drug-likeness (QED) is 0.452. The number of nitrogens with one attached hydrogen (secondary N) is 1. The Morgan fingerprint density at radius 3 is 2.79 bits per heavy atom. The zero-order valence-electron chi connectivity index (χ0n) is 16.2. The van der Waals surface area contributed by atoms with Crippen molar-refractivity contribution in [3.05, 3.63) is 52.4 Å². The van der Waals surface area contributed by atoms with Crippen molar-refractivity contribution in [1.82, 2.24) is 4.98 Å². The number of hydrogen-bond acceptors (Lipinski definition) is 4. The lowest BCUT2D eigenvalue weighted by Crippen LogP contribution is -2.23. The van der Waals surface area contributed by atoms with Gasteiger partial charge in [-0.2, -0.15) is 0 Å². The van der Waals surface area contributed by atoms with Crippen LogP contribution in [0.5, 0.6) is 5.75 Å². The smallest absolute Gasteiger partial charge is 0.303 e. The van der Waals surface area contributed by atoms with Gasteiger partial charge in [-0.05, 0) is 70.4 Å².